The Bertz CT molecular complexity index is 694. The van der Waals surface area contributed by atoms with Crippen LogP contribution in [0.15, 0.2) is 42.5 Å². The molecule has 0 bridgehead atoms. The van der Waals surface area contributed by atoms with E-state index in [0.717, 1.165) is 28.2 Å². The molecule has 0 radical (unpaired) electrons. The highest BCUT2D eigenvalue weighted by atomic mass is 32.1. The molecular formula is C15H15BN2O3S. The molecule has 3 rings (SSSR count). The van der Waals surface area contributed by atoms with Crippen molar-refractivity contribution in [1.29, 1.82) is 0 Å². The zero-order chi connectivity index (χ0) is 15.5. The summed E-state index contributed by atoms with van der Waals surface area (Å²) in [7, 11) is 0.764. The highest BCUT2D eigenvalue weighted by molar-refractivity contribution is 7.80. The van der Waals surface area contributed by atoms with Crippen molar-refractivity contribution in [2.75, 3.05) is 17.7 Å². The highest BCUT2D eigenvalue weighted by Gasteiger charge is 2.27. The lowest BCUT2D eigenvalue weighted by molar-refractivity contribution is 0.275. The Kier molecular flexibility index (Phi) is 4.28. The van der Waals surface area contributed by atoms with E-state index in [1.165, 1.54) is 0 Å². The molecule has 2 aromatic rings. The molecule has 0 spiro atoms. The highest BCUT2D eigenvalue weighted by Crippen LogP contribution is 2.17. The fourth-order valence-electron chi connectivity index (χ4n) is 2.26. The van der Waals surface area contributed by atoms with Crippen LogP contribution in [0.4, 0.5) is 11.4 Å². The van der Waals surface area contributed by atoms with Crippen molar-refractivity contribution in [3.8, 4) is 5.75 Å². The maximum atomic E-state index is 9.71. The zero-order valence-corrected chi connectivity index (χ0v) is 12.8. The molecule has 0 aliphatic carbocycles. The smallest absolute Gasteiger partial charge is 0.491 e. The monoisotopic (exact) mass is 314 g/mol. The van der Waals surface area contributed by atoms with Gasteiger partial charge in [0.25, 0.3) is 0 Å². The van der Waals surface area contributed by atoms with Gasteiger partial charge in [-0.15, -0.1) is 0 Å². The maximum Gasteiger partial charge on any atom is 0.491 e. The first kappa shape index (κ1) is 14.8. The van der Waals surface area contributed by atoms with E-state index in [1.807, 2.05) is 42.5 Å². The zero-order valence-electron chi connectivity index (χ0n) is 12.0. The Balaban J connectivity index is 1.65. The van der Waals surface area contributed by atoms with E-state index in [1.54, 1.807) is 7.11 Å². The van der Waals surface area contributed by atoms with E-state index in [0.29, 0.717) is 11.7 Å². The second-order valence-corrected chi connectivity index (χ2v) is 5.29. The summed E-state index contributed by atoms with van der Waals surface area (Å²) in [6.45, 7) is 0.436. The van der Waals surface area contributed by atoms with Gasteiger partial charge in [0, 0.05) is 11.4 Å². The SMILES string of the molecule is COc1ccc(NC(=S)Nc2ccc3c(c2)B(O)OC3)cc1. The lowest BCUT2D eigenvalue weighted by Gasteiger charge is -2.12. The number of thiocarbonyl (C=S) groups is 1. The number of benzene rings is 2. The summed E-state index contributed by atoms with van der Waals surface area (Å²) in [5.41, 5.74) is 3.43. The van der Waals surface area contributed by atoms with Crippen LogP contribution in [-0.4, -0.2) is 24.4 Å². The third kappa shape index (κ3) is 3.22. The molecule has 1 heterocycles. The average molecular weight is 314 g/mol. The summed E-state index contributed by atoms with van der Waals surface area (Å²) in [6.07, 6.45) is 0. The third-order valence-electron chi connectivity index (χ3n) is 3.41. The molecule has 22 heavy (non-hydrogen) atoms. The topological polar surface area (TPSA) is 62.8 Å². The van der Waals surface area contributed by atoms with Crippen LogP contribution in [0.25, 0.3) is 0 Å². The van der Waals surface area contributed by atoms with Crippen molar-refractivity contribution in [2.24, 2.45) is 0 Å². The molecule has 0 aromatic heterocycles. The molecule has 0 fully saturated rings. The van der Waals surface area contributed by atoms with E-state index in [9.17, 15) is 5.02 Å². The summed E-state index contributed by atoms with van der Waals surface area (Å²) < 4.78 is 10.3. The Hall–Kier alpha value is -2.09. The lowest BCUT2D eigenvalue weighted by atomic mass is 9.79. The summed E-state index contributed by atoms with van der Waals surface area (Å²) in [4.78, 5) is 0. The number of hydrogen-bond acceptors (Lipinski definition) is 4. The fourth-order valence-corrected chi connectivity index (χ4v) is 2.50. The first-order chi connectivity index (χ1) is 10.7. The van der Waals surface area contributed by atoms with Crippen LogP contribution in [0.5, 0.6) is 5.75 Å². The molecule has 112 valence electrons. The molecular weight excluding hydrogens is 299 g/mol. The Morgan fingerprint density at radius 2 is 1.86 bits per heavy atom. The largest absolute Gasteiger partial charge is 0.497 e. The molecule has 5 nitrogen and oxygen atoms in total. The minimum absolute atomic E-state index is 0.436. The van der Waals surface area contributed by atoms with Gasteiger partial charge in [0.1, 0.15) is 5.75 Å². The summed E-state index contributed by atoms with van der Waals surface area (Å²) in [5, 5.41) is 16.4. The van der Waals surface area contributed by atoms with Crippen LogP contribution in [-0.2, 0) is 11.3 Å². The number of ether oxygens (including phenoxy) is 1. The van der Waals surface area contributed by atoms with Crippen molar-refractivity contribution in [2.45, 2.75) is 6.61 Å². The van der Waals surface area contributed by atoms with Crippen molar-refractivity contribution in [3.05, 3.63) is 48.0 Å². The summed E-state index contributed by atoms with van der Waals surface area (Å²) in [6, 6.07) is 13.1. The van der Waals surface area contributed by atoms with Crippen LogP contribution in [0, 0.1) is 0 Å². The molecule has 2 aromatic carbocycles. The van der Waals surface area contributed by atoms with Crippen LogP contribution in [0.1, 0.15) is 5.56 Å². The number of hydrogen-bond donors (Lipinski definition) is 3. The van der Waals surface area contributed by atoms with Crippen LogP contribution in [0.3, 0.4) is 0 Å². The first-order valence-electron chi connectivity index (χ1n) is 6.80. The number of rotatable bonds is 3. The number of nitrogens with one attached hydrogen (secondary N) is 2. The van der Waals surface area contributed by atoms with E-state index < -0.39 is 7.12 Å². The molecule has 0 amide bonds. The van der Waals surface area contributed by atoms with Gasteiger partial charge in [-0.1, -0.05) is 6.07 Å². The number of anilines is 2. The molecule has 1 aliphatic heterocycles. The van der Waals surface area contributed by atoms with Crippen molar-refractivity contribution >= 4 is 41.3 Å². The molecule has 0 atom stereocenters. The number of fused-ring (bicyclic) bond motifs is 1. The van der Waals surface area contributed by atoms with Gasteiger partial charge in [0.05, 0.1) is 13.7 Å². The second kappa shape index (κ2) is 6.35. The van der Waals surface area contributed by atoms with E-state index in [4.69, 9.17) is 21.6 Å². The van der Waals surface area contributed by atoms with Crippen LogP contribution < -0.4 is 20.8 Å². The van der Waals surface area contributed by atoms with E-state index in [2.05, 4.69) is 10.6 Å². The molecule has 0 saturated carbocycles. The van der Waals surface area contributed by atoms with Gasteiger partial charge < -0.3 is 25.0 Å². The van der Waals surface area contributed by atoms with Gasteiger partial charge in [0.2, 0.25) is 0 Å². The Morgan fingerprint density at radius 3 is 2.59 bits per heavy atom. The Labute approximate surface area is 134 Å². The minimum Gasteiger partial charge on any atom is -0.497 e. The minimum atomic E-state index is -0.861. The fraction of sp³-hybridized carbons (Fsp3) is 0.133. The molecule has 7 heteroatoms. The van der Waals surface area contributed by atoms with Gasteiger partial charge in [0.15, 0.2) is 5.11 Å². The van der Waals surface area contributed by atoms with E-state index >= 15 is 0 Å². The van der Waals surface area contributed by atoms with Gasteiger partial charge in [-0.2, -0.15) is 0 Å². The van der Waals surface area contributed by atoms with Gasteiger partial charge in [-0.25, -0.2) is 0 Å². The van der Waals surface area contributed by atoms with Gasteiger partial charge >= 0.3 is 7.12 Å². The standard InChI is InChI=1S/C15H15BN2O3S/c1-20-13-6-4-11(5-7-13)17-15(22)18-12-3-2-10-9-21-16(19)14(10)8-12/h2-8,19H,9H2,1H3,(H2,17,18,22). The lowest BCUT2D eigenvalue weighted by Crippen LogP contribution is -2.29. The molecule has 0 unspecified atom stereocenters. The molecule has 3 N–H and O–H groups in total. The quantitative estimate of drug-likeness (QED) is 0.592. The predicted octanol–water partition coefficient (Wildman–Crippen LogP) is 1.72. The van der Waals surface area contributed by atoms with Crippen molar-refractivity contribution < 1.29 is 14.4 Å². The van der Waals surface area contributed by atoms with Crippen molar-refractivity contribution in [1.82, 2.24) is 0 Å². The van der Waals surface area contributed by atoms with E-state index in [-0.39, 0.29) is 0 Å². The maximum absolute atomic E-state index is 9.71. The second-order valence-electron chi connectivity index (χ2n) is 4.88. The number of methoxy groups -OCH3 is 1. The molecule has 0 saturated heterocycles. The van der Waals surface area contributed by atoms with Gasteiger partial charge in [-0.3, -0.25) is 0 Å². The predicted molar refractivity (Wildman–Crippen MR) is 91.7 cm³/mol. The summed E-state index contributed by atoms with van der Waals surface area (Å²) >= 11 is 5.29. The molecule has 1 aliphatic rings. The first-order valence-corrected chi connectivity index (χ1v) is 7.21. The van der Waals surface area contributed by atoms with Crippen LogP contribution >= 0.6 is 12.2 Å². The Morgan fingerprint density at radius 1 is 1.18 bits per heavy atom. The summed E-state index contributed by atoms with van der Waals surface area (Å²) in [5.74, 6) is 0.789. The average Bonchev–Trinajstić information content (AvgIpc) is 2.89. The van der Waals surface area contributed by atoms with Crippen LogP contribution in [0.2, 0.25) is 0 Å². The van der Waals surface area contributed by atoms with Crippen molar-refractivity contribution in [3.63, 3.8) is 0 Å². The van der Waals surface area contributed by atoms with Gasteiger partial charge in [-0.05, 0) is 59.6 Å². The third-order valence-corrected chi connectivity index (χ3v) is 3.62. The normalized spacial score (nSPS) is 12.7.